The van der Waals surface area contributed by atoms with Crippen LogP contribution in [0.15, 0.2) is 60.0 Å². The van der Waals surface area contributed by atoms with Crippen LogP contribution in [0.3, 0.4) is 0 Å². The number of para-hydroxylation sites is 1. The first-order chi connectivity index (χ1) is 15.4. The lowest BCUT2D eigenvalue weighted by Gasteiger charge is -2.12. The number of nitrogens with two attached hydrogens (primary N) is 1. The van der Waals surface area contributed by atoms with Crippen LogP contribution < -0.4 is 11.1 Å². The van der Waals surface area contributed by atoms with Gasteiger partial charge in [0.1, 0.15) is 12.4 Å². The van der Waals surface area contributed by atoms with Crippen molar-refractivity contribution in [2.24, 2.45) is 0 Å². The molecule has 0 bridgehead atoms. The second-order valence-corrected chi connectivity index (χ2v) is 7.40. The summed E-state index contributed by atoms with van der Waals surface area (Å²) < 4.78 is 40.7. The number of hydrogen-bond donors (Lipinski definition) is 2. The molecule has 0 aliphatic rings. The summed E-state index contributed by atoms with van der Waals surface area (Å²) in [6.07, 6.45) is -1.50. The first-order valence-corrected chi connectivity index (χ1v) is 10.2. The largest absolute Gasteiger partial charge is 0.406 e. The van der Waals surface area contributed by atoms with Gasteiger partial charge in [-0.2, -0.15) is 28.1 Å². The maximum absolute atomic E-state index is 13.2. The number of hydrogen-bond acceptors (Lipinski definition) is 9. The molecule has 32 heavy (non-hydrogen) atoms. The Morgan fingerprint density at radius 2 is 1.72 bits per heavy atom. The zero-order valence-corrected chi connectivity index (χ0v) is 17.2. The van der Waals surface area contributed by atoms with Gasteiger partial charge >= 0.3 is 6.18 Å². The van der Waals surface area contributed by atoms with Crippen molar-refractivity contribution in [3.63, 3.8) is 0 Å². The molecule has 164 valence electrons. The Kier molecular flexibility index (Phi) is 6.16. The fraction of sp³-hybridized carbons (Fsp3) is 0.158. The molecular weight excluding hydrogens is 443 g/mol. The normalized spacial score (nSPS) is 11.5. The lowest BCUT2D eigenvalue weighted by molar-refractivity contribution is -0.141. The smallest absolute Gasteiger partial charge is 0.368 e. The van der Waals surface area contributed by atoms with Crippen LogP contribution >= 0.6 is 11.8 Å². The SMILES string of the molecule is Nc1nc(CSc2nnc(-c3ccncc3)n2CC(F)(F)F)nc(Nc2ccccc2)n1. The van der Waals surface area contributed by atoms with Gasteiger partial charge in [-0.05, 0) is 24.3 Å². The summed E-state index contributed by atoms with van der Waals surface area (Å²) in [5.41, 5.74) is 7.00. The van der Waals surface area contributed by atoms with Gasteiger partial charge in [-0.1, -0.05) is 30.0 Å². The number of alkyl halides is 3. The number of rotatable bonds is 7. The average Bonchev–Trinajstić information content (AvgIpc) is 3.14. The van der Waals surface area contributed by atoms with Gasteiger partial charge in [0, 0.05) is 23.6 Å². The van der Waals surface area contributed by atoms with E-state index in [0.717, 1.165) is 22.0 Å². The molecule has 0 amide bonds. The molecule has 0 saturated carbocycles. The maximum Gasteiger partial charge on any atom is 0.406 e. The molecule has 0 radical (unpaired) electrons. The Hall–Kier alpha value is -3.74. The van der Waals surface area contributed by atoms with Gasteiger partial charge in [-0.25, -0.2) is 0 Å². The molecule has 1 aromatic carbocycles. The second-order valence-electron chi connectivity index (χ2n) is 6.46. The first-order valence-electron chi connectivity index (χ1n) is 9.23. The molecule has 0 fully saturated rings. The molecule has 0 saturated heterocycles. The molecule has 3 heterocycles. The van der Waals surface area contributed by atoms with Crippen LogP contribution in [-0.4, -0.2) is 40.9 Å². The summed E-state index contributed by atoms with van der Waals surface area (Å²) in [4.78, 5) is 16.3. The van der Waals surface area contributed by atoms with E-state index in [4.69, 9.17) is 5.73 Å². The number of benzene rings is 1. The van der Waals surface area contributed by atoms with Crippen LogP contribution in [-0.2, 0) is 12.3 Å². The Morgan fingerprint density at radius 1 is 0.969 bits per heavy atom. The van der Waals surface area contributed by atoms with Gasteiger partial charge in [-0.3, -0.25) is 9.55 Å². The molecule has 0 unspecified atom stereocenters. The summed E-state index contributed by atoms with van der Waals surface area (Å²) in [6, 6.07) is 12.4. The number of thioether (sulfide) groups is 1. The molecule has 0 atom stereocenters. The summed E-state index contributed by atoms with van der Waals surface area (Å²) >= 11 is 1.02. The van der Waals surface area contributed by atoms with E-state index in [-0.39, 0.29) is 34.5 Å². The number of halogens is 3. The van der Waals surface area contributed by atoms with Crippen molar-refractivity contribution in [2.75, 3.05) is 11.1 Å². The Labute approximate surface area is 184 Å². The molecular formula is C19H16F3N9S. The number of nitrogens with one attached hydrogen (secondary N) is 1. The summed E-state index contributed by atoms with van der Waals surface area (Å²) in [6.45, 7) is -1.24. The van der Waals surface area contributed by atoms with Gasteiger partial charge in [-0.15, -0.1) is 10.2 Å². The van der Waals surface area contributed by atoms with Gasteiger partial charge in [0.15, 0.2) is 11.0 Å². The summed E-state index contributed by atoms with van der Waals surface area (Å²) in [5.74, 6) is 0.710. The molecule has 4 rings (SSSR count). The number of aromatic nitrogens is 7. The van der Waals surface area contributed by atoms with E-state index in [2.05, 4.69) is 35.5 Å². The van der Waals surface area contributed by atoms with Gasteiger partial charge in [0.2, 0.25) is 11.9 Å². The van der Waals surface area contributed by atoms with Crippen molar-refractivity contribution in [2.45, 2.75) is 23.6 Å². The molecule has 3 N–H and O–H groups in total. The van der Waals surface area contributed by atoms with Crippen LogP contribution in [0.2, 0.25) is 0 Å². The first kappa shape index (κ1) is 21.5. The summed E-state index contributed by atoms with van der Waals surface area (Å²) in [5, 5.41) is 11.0. The van der Waals surface area contributed by atoms with Crippen molar-refractivity contribution in [3.05, 3.63) is 60.7 Å². The minimum Gasteiger partial charge on any atom is -0.368 e. The highest BCUT2D eigenvalue weighted by Crippen LogP contribution is 2.29. The number of nitrogens with zero attached hydrogens (tertiary/aromatic N) is 7. The molecule has 9 nitrogen and oxygen atoms in total. The third kappa shape index (κ3) is 5.49. The Bertz CT molecular complexity index is 1180. The molecule has 0 spiro atoms. The lowest BCUT2D eigenvalue weighted by atomic mass is 10.2. The number of anilines is 3. The Balaban J connectivity index is 1.56. The van der Waals surface area contributed by atoms with E-state index in [9.17, 15) is 13.2 Å². The number of pyridine rings is 1. The van der Waals surface area contributed by atoms with E-state index in [0.29, 0.717) is 5.56 Å². The maximum atomic E-state index is 13.2. The van der Waals surface area contributed by atoms with Crippen LogP contribution in [0.25, 0.3) is 11.4 Å². The van der Waals surface area contributed by atoms with Crippen molar-refractivity contribution in [1.82, 2.24) is 34.7 Å². The van der Waals surface area contributed by atoms with Crippen LogP contribution in [0.4, 0.5) is 30.8 Å². The van der Waals surface area contributed by atoms with Crippen LogP contribution in [0.1, 0.15) is 5.82 Å². The third-order valence-corrected chi connectivity index (χ3v) is 5.01. The quantitative estimate of drug-likeness (QED) is 0.399. The predicted octanol–water partition coefficient (Wildman–Crippen LogP) is 3.71. The molecule has 4 aromatic rings. The van der Waals surface area contributed by atoms with Crippen molar-refractivity contribution >= 4 is 29.3 Å². The van der Waals surface area contributed by atoms with Crippen molar-refractivity contribution < 1.29 is 13.2 Å². The van der Waals surface area contributed by atoms with E-state index in [1.165, 1.54) is 12.4 Å². The van der Waals surface area contributed by atoms with Crippen LogP contribution in [0, 0.1) is 0 Å². The molecule has 13 heteroatoms. The van der Waals surface area contributed by atoms with Gasteiger partial charge < -0.3 is 11.1 Å². The van der Waals surface area contributed by atoms with Gasteiger partial charge in [0.25, 0.3) is 0 Å². The fourth-order valence-electron chi connectivity index (χ4n) is 2.77. The highest BCUT2D eigenvalue weighted by molar-refractivity contribution is 7.98. The Morgan fingerprint density at radius 3 is 2.44 bits per heavy atom. The average molecular weight is 459 g/mol. The third-order valence-electron chi connectivity index (χ3n) is 4.05. The summed E-state index contributed by atoms with van der Waals surface area (Å²) in [7, 11) is 0. The van der Waals surface area contributed by atoms with E-state index in [1.807, 2.05) is 30.3 Å². The van der Waals surface area contributed by atoms with Crippen molar-refractivity contribution in [1.29, 1.82) is 0 Å². The van der Waals surface area contributed by atoms with E-state index in [1.54, 1.807) is 12.1 Å². The lowest BCUT2D eigenvalue weighted by Crippen LogP contribution is -2.19. The van der Waals surface area contributed by atoms with E-state index < -0.39 is 12.7 Å². The standard InChI is InChI=1S/C19H16F3N9S/c20-19(21,22)11-31-15(12-6-8-24-9-7-12)29-30-18(31)32-10-14-26-16(23)28-17(27-14)25-13-4-2-1-3-5-13/h1-9H,10-11H2,(H3,23,25,26,27,28). The van der Waals surface area contributed by atoms with Crippen LogP contribution in [0.5, 0.6) is 0 Å². The molecule has 0 aliphatic carbocycles. The van der Waals surface area contributed by atoms with Crippen molar-refractivity contribution in [3.8, 4) is 11.4 Å². The monoisotopic (exact) mass is 459 g/mol. The minimum atomic E-state index is -4.45. The second kappa shape index (κ2) is 9.18. The molecule has 0 aliphatic heterocycles. The van der Waals surface area contributed by atoms with E-state index >= 15 is 0 Å². The van der Waals surface area contributed by atoms with Gasteiger partial charge in [0.05, 0.1) is 5.75 Å². The minimum absolute atomic E-state index is 0.0109. The highest BCUT2D eigenvalue weighted by atomic mass is 32.2. The topological polar surface area (TPSA) is 120 Å². The predicted molar refractivity (Wildman–Crippen MR) is 113 cm³/mol. The highest BCUT2D eigenvalue weighted by Gasteiger charge is 2.31. The fourth-order valence-corrected chi connectivity index (χ4v) is 3.56. The zero-order chi connectivity index (χ0) is 22.6. The number of nitrogen functional groups attached to an aromatic ring is 1. The zero-order valence-electron chi connectivity index (χ0n) is 16.4. The molecule has 3 aromatic heterocycles.